The molecule has 0 saturated carbocycles. The monoisotopic (exact) mass is 451 g/mol. The fourth-order valence-corrected chi connectivity index (χ4v) is 3.03. The maximum absolute atomic E-state index is 11.8. The molecule has 2 aromatic carbocycles. The number of halogens is 1. The van der Waals surface area contributed by atoms with Crippen LogP contribution in [0.2, 0.25) is 0 Å². The molecule has 8 nitrogen and oxygen atoms in total. The fourth-order valence-electron chi connectivity index (χ4n) is 2.77. The summed E-state index contributed by atoms with van der Waals surface area (Å²) in [5.41, 5.74) is 1.69. The Balaban J connectivity index is 1.76. The number of aromatic nitrogens is 3. The summed E-state index contributed by atoms with van der Waals surface area (Å²) in [5, 5.41) is 15.6. The van der Waals surface area contributed by atoms with Gasteiger partial charge in [0.05, 0.1) is 4.92 Å². The van der Waals surface area contributed by atoms with Crippen molar-refractivity contribution < 1.29 is 9.66 Å². The van der Waals surface area contributed by atoms with Crippen LogP contribution in [0.15, 0.2) is 65.4 Å². The summed E-state index contributed by atoms with van der Waals surface area (Å²) < 4.78 is 6.73. The normalized spacial score (nSPS) is 10.7. The number of nitro groups is 1. The molecule has 0 aliphatic heterocycles. The number of ether oxygens (including phenoxy) is 1. The Kier molecular flexibility index (Phi) is 5.05. The Labute approximate surface area is 173 Å². The molecule has 4 rings (SSSR count). The number of hydrogen-bond donors (Lipinski definition) is 1. The SMILES string of the molecule is Cc1ccc2cccc(Oc3ncnc(Nc4ccc(Br)cc4)c3[N+](=O)[O-])c2n1. The molecule has 0 spiro atoms. The first-order valence-electron chi connectivity index (χ1n) is 8.57. The van der Waals surface area contributed by atoms with Gasteiger partial charge in [0.15, 0.2) is 5.75 Å². The highest BCUT2D eigenvalue weighted by Crippen LogP contribution is 2.37. The molecule has 0 bridgehead atoms. The minimum absolute atomic E-state index is 0.0340. The maximum atomic E-state index is 11.8. The smallest absolute Gasteiger partial charge is 0.373 e. The first kappa shape index (κ1) is 18.8. The van der Waals surface area contributed by atoms with Gasteiger partial charge in [0, 0.05) is 21.2 Å². The van der Waals surface area contributed by atoms with Crippen molar-refractivity contribution >= 4 is 44.0 Å². The van der Waals surface area contributed by atoms with Crippen molar-refractivity contribution in [1.29, 1.82) is 0 Å². The molecule has 0 amide bonds. The number of para-hydroxylation sites is 1. The second kappa shape index (κ2) is 7.80. The molecule has 144 valence electrons. The van der Waals surface area contributed by atoms with Gasteiger partial charge in [0.1, 0.15) is 11.8 Å². The van der Waals surface area contributed by atoms with Gasteiger partial charge in [0.25, 0.3) is 0 Å². The van der Waals surface area contributed by atoms with Gasteiger partial charge in [-0.1, -0.05) is 34.1 Å². The second-order valence-corrected chi connectivity index (χ2v) is 7.06. The van der Waals surface area contributed by atoms with Crippen molar-refractivity contribution in [2.45, 2.75) is 6.92 Å². The summed E-state index contributed by atoms with van der Waals surface area (Å²) in [4.78, 5) is 23.7. The minimum atomic E-state index is -0.569. The number of anilines is 2. The van der Waals surface area contributed by atoms with Gasteiger partial charge in [-0.15, -0.1) is 0 Å². The van der Waals surface area contributed by atoms with E-state index in [4.69, 9.17) is 4.74 Å². The second-order valence-electron chi connectivity index (χ2n) is 6.15. The van der Waals surface area contributed by atoms with Crippen LogP contribution in [0.4, 0.5) is 17.2 Å². The van der Waals surface area contributed by atoms with Crippen LogP contribution in [0.3, 0.4) is 0 Å². The number of fused-ring (bicyclic) bond motifs is 1. The molecule has 1 N–H and O–H groups in total. The highest BCUT2D eigenvalue weighted by Gasteiger charge is 2.26. The Morgan fingerprint density at radius 3 is 2.62 bits per heavy atom. The van der Waals surface area contributed by atoms with E-state index in [1.165, 1.54) is 6.33 Å². The minimum Gasteiger partial charge on any atom is -0.431 e. The molecule has 0 aliphatic carbocycles. The Morgan fingerprint density at radius 1 is 1.07 bits per heavy atom. The number of pyridine rings is 1. The van der Waals surface area contributed by atoms with Gasteiger partial charge in [-0.3, -0.25) is 10.1 Å². The lowest BCUT2D eigenvalue weighted by Gasteiger charge is -2.11. The number of aryl methyl sites for hydroxylation is 1. The van der Waals surface area contributed by atoms with Gasteiger partial charge in [0.2, 0.25) is 5.82 Å². The Morgan fingerprint density at radius 2 is 1.86 bits per heavy atom. The van der Waals surface area contributed by atoms with Crippen molar-refractivity contribution in [2.24, 2.45) is 0 Å². The molecular weight excluding hydrogens is 438 g/mol. The molecule has 4 aromatic rings. The van der Waals surface area contributed by atoms with Crippen LogP contribution in [0.25, 0.3) is 10.9 Å². The van der Waals surface area contributed by atoms with Crippen LogP contribution in [-0.2, 0) is 0 Å². The first-order valence-corrected chi connectivity index (χ1v) is 9.37. The number of hydrogen-bond acceptors (Lipinski definition) is 7. The molecule has 0 aliphatic rings. The zero-order chi connectivity index (χ0) is 20.4. The third-order valence-electron chi connectivity index (χ3n) is 4.11. The van der Waals surface area contributed by atoms with E-state index in [2.05, 4.69) is 36.2 Å². The highest BCUT2D eigenvalue weighted by atomic mass is 79.9. The van der Waals surface area contributed by atoms with Gasteiger partial charge in [-0.25, -0.2) is 9.97 Å². The lowest BCUT2D eigenvalue weighted by molar-refractivity contribution is -0.385. The molecule has 0 atom stereocenters. The number of nitrogens with one attached hydrogen (secondary N) is 1. The van der Waals surface area contributed by atoms with Crippen LogP contribution >= 0.6 is 15.9 Å². The van der Waals surface area contributed by atoms with E-state index < -0.39 is 4.92 Å². The quantitative estimate of drug-likeness (QED) is 0.313. The molecular formula is C20H14BrN5O3. The summed E-state index contributed by atoms with van der Waals surface area (Å²) in [6.07, 6.45) is 1.22. The van der Waals surface area contributed by atoms with Crippen LogP contribution in [-0.4, -0.2) is 19.9 Å². The maximum Gasteiger partial charge on any atom is 0.373 e. The molecule has 2 aromatic heterocycles. The lowest BCUT2D eigenvalue weighted by atomic mass is 10.2. The topological polar surface area (TPSA) is 103 Å². The predicted octanol–water partition coefficient (Wildman–Crippen LogP) is 5.54. The van der Waals surface area contributed by atoms with E-state index in [0.29, 0.717) is 17.0 Å². The van der Waals surface area contributed by atoms with E-state index in [1.807, 2.05) is 37.3 Å². The molecule has 2 heterocycles. The largest absolute Gasteiger partial charge is 0.431 e. The van der Waals surface area contributed by atoms with Crippen molar-refractivity contribution in [3.63, 3.8) is 0 Å². The third kappa shape index (κ3) is 3.99. The van der Waals surface area contributed by atoms with Gasteiger partial charge in [-0.2, -0.15) is 4.98 Å². The van der Waals surface area contributed by atoms with Crippen LogP contribution in [0.5, 0.6) is 11.6 Å². The average molecular weight is 452 g/mol. The zero-order valence-corrected chi connectivity index (χ0v) is 16.8. The van der Waals surface area contributed by atoms with Gasteiger partial charge in [-0.05, 0) is 43.3 Å². The van der Waals surface area contributed by atoms with E-state index in [-0.39, 0.29) is 17.4 Å². The third-order valence-corrected chi connectivity index (χ3v) is 4.64. The number of nitrogens with zero attached hydrogens (tertiary/aromatic N) is 4. The fraction of sp³-hybridized carbons (Fsp3) is 0.0500. The van der Waals surface area contributed by atoms with E-state index in [9.17, 15) is 10.1 Å². The van der Waals surface area contributed by atoms with Gasteiger partial charge < -0.3 is 10.1 Å². The van der Waals surface area contributed by atoms with E-state index in [1.54, 1.807) is 24.3 Å². The summed E-state index contributed by atoms with van der Waals surface area (Å²) in [6.45, 7) is 1.86. The molecule has 0 fully saturated rings. The van der Waals surface area contributed by atoms with Crippen molar-refractivity contribution in [3.8, 4) is 11.6 Å². The van der Waals surface area contributed by atoms with Crippen LogP contribution in [0.1, 0.15) is 5.69 Å². The van der Waals surface area contributed by atoms with Crippen molar-refractivity contribution in [3.05, 3.63) is 81.2 Å². The zero-order valence-electron chi connectivity index (χ0n) is 15.2. The molecule has 0 saturated heterocycles. The van der Waals surface area contributed by atoms with E-state index >= 15 is 0 Å². The predicted molar refractivity (Wildman–Crippen MR) is 113 cm³/mol. The average Bonchev–Trinajstić information content (AvgIpc) is 2.70. The summed E-state index contributed by atoms with van der Waals surface area (Å²) in [6, 6.07) is 16.4. The summed E-state index contributed by atoms with van der Waals surface area (Å²) >= 11 is 3.35. The summed E-state index contributed by atoms with van der Waals surface area (Å²) in [7, 11) is 0. The standard InChI is InChI=1S/C20H14BrN5O3/c1-12-5-6-13-3-2-4-16(17(13)24-12)29-20-18(26(27)28)19(22-11-23-20)25-15-9-7-14(21)8-10-15/h2-11H,1H3,(H,22,23,25). The molecule has 0 unspecified atom stereocenters. The Hall–Kier alpha value is -3.59. The molecule has 9 heteroatoms. The van der Waals surface area contributed by atoms with Gasteiger partial charge >= 0.3 is 11.6 Å². The highest BCUT2D eigenvalue weighted by molar-refractivity contribution is 9.10. The van der Waals surface area contributed by atoms with Crippen LogP contribution < -0.4 is 10.1 Å². The van der Waals surface area contributed by atoms with Crippen LogP contribution in [0, 0.1) is 17.0 Å². The summed E-state index contributed by atoms with van der Waals surface area (Å²) in [5.74, 6) is 0.245. The number of benzene rings is 2. The van der Waals surface area contributed by atoms with Crippen molar-refractivity contribution in [2.75, 3.05) is 5.32 Å². The molecule has 29 heavy (non-hydrogen) atoms. The van der Waals surface area contributed by atoms with Crippen molar-refractivity contribution in [1.82, 2.24) is 15.0 Å². The molecule has 0 radical (unpaired) electrons. The first-order chi connectivity index (χ1) is 14.0. The van der Waals surface area contributed by atoms with E-state index in [0.717, 1.165) is 15.6 Å². The lowest BCUT2D eigenvalue weighted by Crippen LogP contribution is -2.03. The Bertz CT molecular complexity index is 1210. The number of rotatable bonds is 5.